The number of pyridine rings is 1. The summed E-state index contributed by atoms with van der Waals surface area (Å²) in [5, 5.41) is 12.5. The van der Waals surface area contributed by atoms with Gasteiger partial charge in [0.25, 0.3) is 0 Å². The molecule has 1 amide bonds. The van der Waals surface area contributed by atoms with E-state index in [0.717, 1.165) is 30.4 Å². The number of rotatable bonds is 5. The highest BCUT2D eigenvalue weighted by Crippen LogP contribution is 2.70. The van der Waals surface area contributed by atoms with Gasteiger partial charge in [-0.05, 0) is 60.1 Å². The van der Waals surface area contributed by atoms with Crippen LogP contribution < -0.4 is 10.1 Å². The minimum atomic E-state index is 0.0741. The van der Waals surface area contributed by atoms with E-state index in [4.69, 9.17) is 9.47 Å². The molecule has 6 heteroatoms. The Hall–Kier alpha value is -2.91. The van der Waals surface area contributed by atoms with Crippen LogP contribution in [0.2, 0.25) is 0 Å². The van der Waals surface area contributed by atoms with Crippen molar-refractivity contribution in [2.24, 2.45) is 11.3 Å². The van der Waals surface area contributed by atoms with Crippen molar-refractivity contribution in [1.82, 2.24) is 4.98 Å². The summed E-state index contributed by atoms with van der Waals surface area (Å²) in [6.07, 6.45) is 6.81. The SMILES string of the molecule is N#Cc1cc(-c2ccnc(NC(=O)C3CC34CC4)c2)ccc1OC1CCOCC1. The first kappa shape index (κ1) is 18.1. The smallest absolute Gasteiger partial charge is 0.229 e. The Kier molecular flexibility index (Phi) is 4.48. The molecule has 2 aromatic rings. The summed E-state index contributed by atoms with van der Waals surface area (Å²) in [7, 11) is 0. The molecule has 0 radical (unpaired) electrons. The molecule has 6 nitrogen and oxygen atoms in total. The summed E-state index contributed by atoms with van der Waals surface area (Å²) in [6.45, 7) is 1.39. The lowest BCUT2D eigenvalue weighted by Crippen LogP contribution is -2.26. The summed E-state index contributed by atoms with van der Waals surface area (Å²) in [5.41, 5.74) is 2.62. The summed E-state index contributed by atoms with van der Waals surface area (Å²) in [5.74, 6) is 1.38. The fraction of sp³-hybridized carbons (Fsp3) is 0.435. The Morgan fingerprint density at radius 2 is 2.00 bits per heavy atom. The summed E-state index contributed by atoms with van der Waals surface area (Å²) in [6, 6.07) is 11.6. The van der Waals surface area contributed by atoms with Gasteiger partial charge in [-0.15, -0.1) is 0 Å². The van der Waals surface area contributed by atoms with Gasteiger partial charge in [-0.25, -0.2) is 4.98 Å². The highest BCUT2D eigenvalue weighted by molar-refractivity contribution is 5.95. The van der Waals surface area contributed by atoms with E-state index in [1.54, 1.807) is 6.20 Å². The van der Waals surface area contributed by atoms with Gasteiger partial charge in [0.05, 0.1) is 18.8 Å². The molecule has 1 aromatic heterocycles. The monoisotopic (exact) mass is 389 g/mol. The number of benzene rings is 1. The molecule has 2 heterocycles. The number of carbonyl (C=O) groups is 1. The van der Waals surface area contributed by atoms with Crippen LogP contribution in [0.5, 0.6) is 5.75 Å². The molecule has 1 atom stereocenters. The molecule has 1 saturated heterocycles. The first-order valence-corrected chi connectivity index (χ1v) is 10.2. The Bertz CT molecular complexity index is 987. The summed E-state index contributed by atoms with van der Waals surface area (Å²) < 4.78 is 11.4. The lowest BCUT2D eigenvalue weighted by molar-refractivity contribution is -0.117. The molecule has 148 valence electrons. The summed E-state index contributed by atoms with van der Waals surface area (Å²) in [4.78, 5) is 16.7. The molecule has 5 rings (SSSR count). The number of nitriles is 1. The highest BCUT2D eigenvalue weighted by Gasteiger charge is 2.65. The number of amides is 1. The van der Waals surface area contributed by atoms with E-state index >= 15 is 0 Å². The van der Waals surface area contributed by atoms with Crippen molar-refractivity contribution >= 4 is 11.7 Å². The van der Waals surface area contributed by atoms with E-state index in [1.165, 1.54) is 12.8 Å². The number of hydrogen-bond donors (Lipinski definition) is 1. The van der Waals surface area contributed by atoms with E-state index < -0.39 is 0 Å². The van der Waals surface area contributed by atoms with Crippen molar-refractivity contribution in [3.63, 3.8) is 0 Å². The van der Waals surface area contributed by atoms with Crippen molar-refractivity contribution in [1.29, 1.82) is 5.26 Å². The van der Waals surface area contributed by atoms with E-state index in [1.807, 2.05) is 30.3 Å². The van der Waals surface area contributed by atoms with Crippen LogP contribution in [-0.4, -0.2) is 30.2 Å². The zero-order valence-electron chi connectivity index (χ0n) is 16.2. The molecular weight excluding hydrogens is 366 g/mol. The molecule has 3 aliphatic rings. The van der Waals surface area contributed by atoms with Gasteiger partial charge in [-0.3, -0.25) is 4.79 Å². The predicted molar refractivity (Wildman–Crippen MR) is 107 cm³/mol. The number of anilines is 1. The van der Waals surface area contributed by atoms with Crippen LogP contribution in [0.25, 0.3) is 11.1 Å². The van der Waals surface area contributed by atoms with Crippen LogP contribution >= 0.6 is 0 Å². The van der Waals surface area contributed by atoms with Crippen LogP contribution in [-0.2, 0) is 9.53 Å². The van der Waals surface area contributed by atoms with Gasteiger partial charge >= 0.3 is 0 Å². The first-order chi connectivity index (χ1) is 14.2. The molecule has 3 fully saturated rings. The zero-order valence-corrected chi connectivity index (χ0v) is 16.2. The van der Waals surface area contributed by atoms with Gasteiger partial charge in [-0.2, -0.15) is 5.26 Å². The van der Waals surface area contributed by atoms with Crippen molar-refractivity contribution in [3.8, 4) is 22.9 Å². The number of ether oxygens (including phenoxy) is 2. The minimum absolute atomic E-state index is 0.0741. The van der Waals surface area contributed by atoms with Crippen LogP contribution in [0.4, 0.5) is 5.82 Å². The fourth-order valence-electron chi connectivity index (χ4n) is 4.20. The van der Waals surface area contributed by atoms with Gasteiger partial charge in [-0.1, -0.05) is 6.07 Å². The molecule has 1 unspecified atom stereocenters. The molecule has 1 spiro atoms. The second-order valence-corrected chi connectivity index (χ2v) is 8.29. The quantitative estimate of drug-likeness (QED) is 0.838. The van der Waals surface area contributed by atoms with Crippen molar-refractivity contribution < 1.29 is 14.3 Å². The van der Waals surface area contributed by atoms with Crippen LogP contribution in [0, 0.1) is 22.7 Å². The van der Waals surface area contributed by atoms with Gasteiger partial charge < -0.3 is 14.8 Å². The van der Waals surface area contributed by atoms with Gasteiger partial charge in [0.2, 0.25) is 5.91 Å². The van der Waals surface area contributed by atoms with E-state index in [9.17, 15) is 10.1 Å². The number of nitrogens with zero attached hydrogens (tertiary/aromatic N) is 2. The van der Waals surface area contributed by atoms with Crippen LogP contribution in [0.1, 0.15) is 37.7 Å². The molecule has 1 aliphatic heterocycles. The molecule has 2 saturated carbocycles. The Morgan fingerprint density at radius 3 is 2.72 bits per heavy atom. The molecule has 1 aromatic carbocycles. The van der Waals surface area contributed by atoms with Crippen LogP contribution in [0.3, 0.4) is 0 Å². The highest BCUT2D eigenvalue weighted by atomic mass is 16.5. The van der Waals surface area contributed by atoms with Crippen molar-refractivity contribution in [2.45, 2.75) is 38.2 Å². The summed E-state index contributed by atoms with van der Waals surface area (Å²) >= 11 is 0. The third-order valence-electron chi connectivity index (χ3n) is 6.30. The fourth-order valence-corrected chi connectivity index (χ4v) is 4.20. The molecule has 0 bridgehead atoms. The number of aromatic nitrogens is 1. The predicted octanol–water partition coefficient (Wildman–Crippen LogP) is 3.92. The lowest BCUT2D eigenvalue weighted by atomic mass is 10.0. The topological polar surface area (TPSA) is 84.2 Å². The van der Waals surface area contributed by atoms with Crippen molar-refractivity contribution in [2.75, 3.05) is 18.5 Å². The van der Waals surface area contributed by atoms with Crippen LogP contribution in [0.15, 0.2) is 36.5 Å². The van der Waals surface area contributed by atoms with Gasteiger partial charge in [0, 0.05) is 25.0 Å². The Morgan fingerprint density at radius 1 is 1.21 bits per heavy atom. The second-order valence-electron chi connectivity index (χ2n) is 8.29. The number of hydrogen-bond acceptors (Lipinski definition) is 5. The average molecular weight is 389 g/mol. The van der Waals surface area contributed by atoms with Gasteiger partial charge in [0.15, 0.2) is 0 Å². The second kappa shape index (κ2) is 7.16. The molecule has 1 N–H and O–H groups in total. The molecule has 29 heavy (non-hydrogen) atoms. The lowest BCUT2D eigenvalue weighted by Gasteiger charge is -2.23. The molecule has 2 aliphatic carbocycles. The average Bonchev–Trinajstić information content (AvgIpc) is 3.68. The standard InChI is InChI=1S/C23H23N3O3/c24-14-17-11-15(1-2-20(17)29-18-4-9-28-10-5-18)16-3-8-25-21(12-16)26-22(27)19-13-23(19)6-7-23/h1-3,8,11-12,18-19H,4-7,9-10,13H2,(H,25,26,27). The number of nitrogens with one attached hydrogen (secondary N) is 1. The normalized spacial score (nSPS) is 22.0. The maximum absolute atomic E-state index is 12.4. The molecular formula is C23H23N3O3. The van der Waals surface area contributed by atoms with Crippen molar-refractivity contribution in [3.05, 3.63) is 42.1 Å². The third-order valence-corrected chi connectivity index (χ3v) is 6.30. The van der Waals surface area contributed by atoms with E-state index in [0.29, 0.717) is 35.8 Å². The van der Waals surface area contributed by atoms with Gasteiger partial charge in [0.1, 0.15) is 23.7 Å². The largest absolute Gasteiger partial charge is 0.489 e. The van der Waals surface area contributed by atoms with E-state index in [2.05, 4.69) is 16.4 Å². The first-order valence-electron chi connectivity index (χ1n) is 10.2. The zero-order chi connectivity index (χ0) is 19.8. The third kappa shape index (κ3) is 3.70. The number of carbonyl (C=O) groups excluding carboxylic acids is 1. The maximum Gasteiger partial charge on any atom is 0.229 e. The minimum Gasteiger partial charge on any atom is -0.489 e. The Labute approximate surface area is 169 Å². The van der Waals surface area contributed by atoms with E-state index in [-0.39, 0.29) is 17.9 Å². The Balaban J connectivity index is 1.32. The maximum atomic E-state index is 12.4.